The molecule has 20 heavy (non-hydrogen) atoms. The highest BCUT2D eigenvalue weighted by molar-refractivity contribution is 7.89. The first-order valence-electron chi connectivity index (χ1n) is 5.88. The van der Waals surface area contributed by atoms with Crippen molar-refractivity contribution in [3.05, 3.63) is 18.3 Å². The minimum Gasteiger partial charge on any atom is -0.350 e. The summed E-state index contributed by atoms with van der Waals surface area (Å²) in [6.45, 7) is 5.03. The molecular weight excluding hydrogens is 282 g/mol. The van der Waals surface area contributed by atoms with Crippen molar-refractivity contribution in [1.29, 1.82) is 0 Å². The summed E-state index contributed by atoms with van der Waals surface area (Å²) in [6.07, 6.45) is 1.32. The number of carbonyl (C=O) groups excluding carboxylic acids is 1. The predicted molar refractivity (Wildman–Crippen MR) is 75.1 cm³/mol. The SMILES string of the molecule is CC(C)(C)NC(=O)CNS(=O)(=O)c1ncccc1NN. The second-order valence-electron chi connectivity index (χ2n) is 5.12. The van der Waals surface area contributed by atoms with E-state index < -0.39 is 21.5 Å². The number of hydrazine groups is 1. The molecule has 8 nitrogen and oxygen atoms in total. The Kier molecular flexibility index (Phi) is 5.03. The van der Waals surface area contributed by atoms with Crippen LogP contribution in [0.5, 0.6) is 0 Å². The first kappa shape index (κ1) is 16.3. The standard InChI is InChI=1S/C11H19N5O3S/c1-11(2,3)15-9(17)7-14-20(18,19)10-8(16-12)5-4-6-13-10/h4-6,14,16H,7,12H2,1-3H3,(H,15,17). The molecule has 9 heteroatoms. The van der Waals surface area contributed by atoms with Gasteiger partial charge in [-0.1, -0.05) is 0 Å². The van der Waals surface area contributed by atoms with Gasteiger partial charge < -0.3 is 10.7 Å². The maximum atomic E-state index is 12.0. The van der Waals surface area contributed by atoms with Gasteiger partial charge in [-0.05, 0) is 32.9 Å². The van der Waals surface area contributed by atoms with Crippen LogP contribution in [0, 0.1) is 0 Å². The van der Waals surface area contributed by atoms with Crippen LogP contribution in [0.3, 0.4) is 0 Å². The van der Waals surface area contributed by atoms with Crippen molar-refractivity contribution in [2.24, 2.45) is 5.84 Å². The molecule has 0 spiro atoms. The van der Waals surface area contributed by atoms with E-state index in [9.17, 15) is 13.2 Å². The number of carbonyl (C=O) groups is 1. The lowest BCUT2D eigenvalue weighted by Crippen LogP contribution is -2.45. The maximum Gasteiger partial charge on any atom is 0.260 e. The molecular formula is C11H19N5O3S. The molecule has 0 unspecified atom stereocenters. The fourth-order valence-electron chi connectivity index (χ4n) is 1.41. The Balaban J connectivity index is 2.79. The number of aromatic nitrogens is 1. The first-order valence-corrected chi connectivity index (χ1v) is 7.36. The summed E-state index contributed by atoms with van der Waals surface area (Å²) in [4.78, 5) is 15.3. The van der Waals surface area contributed by atoms with Gasteiger partial charge in [0.15, 0.2) is 5.03 Å². The lowest BCUT2D eigenvalue weighted by atomic mass is 10.1. The number of rotatable bonds is 5. The summed E-state index contributed by atoms with van der Waals surface area (Å²) in [6, 6.07) is 3.01. The van der Waals surface area contributed by atoms with Gasteiger partial charge in [-0.3, -0.25) is 10.6 Å². The lowest BCUT2D eigenvalue weighted by molar-refractivity contribution is -0.121. The Bertz CT molecular complexity index is 580. The van der Waals surface area contributed by atoms with Crippen LogP contribution in [0.1, 0.15) is 20.8 Å². The zero-order chi connectivity index (χ0) is 15.4. The summed E-state index contributed by atoms with van der Waals surface area (Å²) >= 11 is 0. The van der Waals surface area contributed by atoms with Crippen molar-refractivity contribution in [1.82, 2.24) is 15.0 Å². The Morgan fingerprint density at radius 1 is 1.40 bits per heavy atom. The first-order chi connectivity index (χ1) is 9.15. The third-order valence-electron chi connectivity index (χ3n) is 2.12. The van der Waals surface area contributed by atoms with E-state index in [1.165, 1.54) is 12.3 Å². The molecule has 0 fully saturated rings. The van der Waals surface area contributed by atoms with Crippen molar-refractivity contribution < 1.29 is 13.2 Å². The highest BCUT2D eigenvalue weighted by Gasteiger charge is 2.22. The normalized spacial score (nSPS) is 12.0. The molecule has 1 aromatic rings. The van der Waals surface area contributed by atoms with Gasteiger partial charge in [0.2, 0.25) is 5.91 Å². The summed E-state index contributed by atoms with van der Waals surface area (Å²) in [5, 5.41) is 2.39. The van der Waals surface area contributed by atoms with E-state index in [2.05, 4.69) is 20.4 Å². The third-order valence-corrected chi connectivity index (χ3v) is 3.48. The molecule has 0 bridgehead atoms. The summed E-state index contributed by atoms with van der Waals surface area (Å²) in [7, 11) is -3.92. The average molecular weight is 301 g/mol. The monoisotopic (exact) mass is 301 g/mol. The van der Waals surface area contributed by atoms with Gasteiger partial charge in [0, 0.05) is 11.7 Å². The highest BCUT2D eigenvalue weighted by atomic mass is 32.2. The zero-order valence-corrected chi connectivity index (χ0v) is 12.4. The minimum atomic E-state index is -3.92. The largest absolute Gasteiger partial charge is 0.350 e. The van der Waals surface area contributed by atoms with Gasteiger partial charge in [-0.2, -0.15) is 0 Å². The lowest BCUT2D eigenvalue weighted by Gasteiger charge is -2.20. The molecule has 112 valence electrons. The molecule has 1 aromatic heterocycles. The topological polar surface area (TPSA) is 126 Å². The fraction of sp³-hybridized carbons (Fsp3) is 0.455. The van der Waals surface area contributed by atoms with Crippen molar-refractivity contribution in [2.75, 3.05) is 12.0 Å². The van der Waals surface area contributed by atoms with Crippen LogP contribution in [0.4, 0.5) is 5.69 Å². The Hall–Kier alpha value is -1.71. The summed E-state index contributed by atoms with van der Waals surface area (Å²) < 4.78 is 26.2. The molecule has 0 aliphatic rings. The van der Waals surface area contributed by atoms with E-state index >= 15 is 0 Å². The number of hydrogen-bond donors (Lipinski definition) is 4. The second-order valence-corrected chi connectivity index (χ2v) is 6.81. The number of nitrogens with one attached hydrogen (secondary N) is 3. The molecule has 0 radical (unpaired) electrons. The Morgan fingerprint density at radius 2 is 2.05 bits per heavy atom. The molecule has 0 atom stereocenters. The predicted octanol–water partition coefficient (Wildman–Crippen LogP) is -0.440. The number of nitrogen functional groups attached to an aromatic ring is 1. The Morgan fingerprint density at radius 3 is 2.60 bits per heavy atom. The van der Waals surface area contributed by atoms with E-state index in [-0.39, 0.29) is 17.3 Å². The van der Waals surface area contributed by atoms with Gasteiger partial charge in [0.05, 0.1) is 12.2 Å². The molecule has 0 saturated carbocycles. The quantitative estimate of drug-likeness (QED) is 0.431. The van der Waals surface area contributed by atoms with Crippen molar-refractivity contribution in [2.45, 2.75) is 31.3 Å². The number of nitrogens with zero attached hydrogens (tertiary/aromatic N) is 1. The number of nitrogens with two attached hydrogens (primary N) is 1. The smallest absolute Gasteiger partial charge is 0.260 e. The minimum absolute atomic E-state index is 0.149. The number of pyridine rings is 1. The molecule has 0 aromatic carbocycles. The van der Waals surface area contributed by atoms with Crippen LogP contribution >= 0.6 is 0 Å². The molecule has 1 rings (SSSR count). The number of amides is 1. The van der Waals surface area contributed by atoms with Gasteiger partial charge in [0.1, 0.15) is 0 Å². The second kappa shape index (κ2) is 6.16. The van der Waals surface area contributed by atoms with Crippen LogP contribution in [-0.2, 0) is 14.8 Å². The average Bonchev–Trinajstić information content (AvgIpc) is 2.34. The van der Waals surface area contributed by atoms with Gasteiger partial charge in [-0.25, -0.2) is 18.1 Å². The number of sulfonamides is 1. The number of anilines is 1. The summed E-state index contributed by atoms with van der Waals surface area (Å²) in [5.74, 6) is 4.79. The summed E-state index contributed by atoms with van der Waals surface area (Å²) in [5.41, 5.74) is 1.96. The molecule has 1 heterocycles. The third kappa shape index (κ3) is 4.76. The van der Waals surface area contributed by atoms with Crippen LogP contribution in [0.2, 0.25) is 0 Å². The van der Waals surface area contributed by atoms with Gasteiger partial charge >= 0.3 is 0 Å². The molecule has 0 aliphatic carbocycles. The molecule has 5 N–H and O–H groups in total. The van der Waals surface area contributed by atoms with Crippen molar-refractivity contribution >= 4 is 21.6 Å². The van der Waals surface area contributed by atoms with E-state index in [0.717, 1.165) is 0 Å². The van der Waals surface area contributed by atoms with Gasteiger partial charge in [0.25, 0.3) is 10.0 Å². The fourth-order valence-corrected chi connectivity index (χ4v) is 2.48. The van der Waals surface area contributed by atoms with E-state index in [1.54, 1.807) is 26.8 Å². The van der Waals surface area contributed by atoms with Crippen LogP contribution < -0.4 is 21.3 Å². The van der Waals surface area contributed by atoms with E-state index in [4.69, 9.17) is 5.84 Å². The van der Waals surface area contributed by atoms with Crippen LogP contribution in [-0.4, -0.2) is 31.4 Å². The van der Waals surface area contributed by atoms with E-state index in [1.807, 2.05) is 0 Å². The Labute approximate surface area is 118 Å². The van der Waals surface area contributed by atoms with Crippen LogP contribution in [0.15, 0.2) is 23.4 Å². The molecule has 0 aliphatic heterocycles. The number of hydrogen-bond acceptors (Lipinski definition) is 6. The molecule has 0 saturated heterocycles. The van der Waals surface area contributed by atoms with E-state index in [0.29, 0.717) is 0 Å². The van der Waals surface area contributed by atoms with Crippen LogP contribution in [0.25, 0.3) is 0 Å². The van der Waals surface area contributed by atoms with Crippen molar-refractivity contribution in [3.63, 3.8) is 0 Å². The maximum absolute atomic E-state index is 12.0. The highest BCUT2D eigenvalue weighted by Crippen LogP contribution is 2.15. The molecule has 1 amide bonds. The van der Waals surface area contributed by atoms with Gasteiger partial charge in [-0.15, -0.1) is 0 Å². The van der Waals surface area contributed by atoms with Crippen molar-refractivity contribution in [3.8, 4) is 0 Å². The zero-order valence-electron chi connectivity index (χ0n) is 11.6.